The van der Waals surface area contributed by atoms with E-state index in [4.69, 9.17) is 0 Å². The Hall–Kier alpha value is -2.18. The Labute approximate surface area is 174 Å². The molecule has 1 N–H and O–H groups in total. The molecule has 0 unspecified atom stereocenters. The Morgan fingerprint density at radius 2 is 1.76 bits per heavy atom. The highest BCUT2D eigenvalue weighted by Crippen LogP contribution is 2.25. The van der Waals surface area contributed by atoms with E-state index in [1.165, 1.54) is 4.31 Å². The molecule has 0 saturated carbocycles. The van der Waals surface area contributed by atoms with Crippen LogP contribution in [-0.2, 0) is 21.2 Å². The number of sulfonamides is 1. The number of carbonyl (C=O) groups excluding carboxylic acids is 1. The third-order valence-corrected chi connectivity index (χ3v) is 7.24. The van der Waals surface area contributed by atoms with Crippen LogP contribution in [0.1, 0.15) is 37.8 Å². The quantitative estimate of drug-likeness (QED) is 0.786. The van der Waals surface area contributed by atoms with Gasteiger partial charge in [0.25, 0.3) is 0 Å². The van der Waals surface area contributed by atoms with E-state index in [-0.39, 0.29) is 23.3 Å². The van der Waals surface area contributed by atoms with Gasteiger partial charge in [-0.25, -0.2) is 8.42 Å². The number of piperidine rings is 1. The van der Waals surface area contributed by atoms with Crippen molar-refractivity contribution >= 4 is 15.9 Å². The molecular weight excluding hydrogens is 384 g/mol. The number of rotatable bonds is 6. The summed E-state index contributed by atoms with van der Waals surface area (Å²) in [6, 6.07) is 16.9. The Balaban J connectivity index is 1.66. The molecule has 0 aliphatic carbocycles. The van der Waals surface area contributed by atoms with Crippen molar-refractivity contribution in [1.82, 2.24) is 9.62 Å². The first-order valence-electron chi connectivity index (χ1n) is 10.1. The first-order valence-corrected chi connectivity index (χ1v) is 11.5. The molecule has 2 aromatic carbocycles. The zero-order valence-electron chi connectivity index (χ0n) is 17.4. The molecule has 2 aromatic rings. The molecule has 1 heterocycles. The Kier molecular flexibility index (Phi) is 6.44. The molecule has 6 heteroatoms. The van der Waals surface area contributed by atoms with Gasteiger partial charge in [-0.3, -0.25) is 4.79 Å². The lowest BCUT2D eigenvalue weighted by atomic mass is 9.92. The highest BCUT2D eigenvalue weighted by atomic mass is 32.2. The number of hydrogen-bond donors (Lipinski definition) is 1. The highest BCUT2D eigenvalue weighted by molar-refractivity contribution is 7.89. The SMILES string of the molecule is Cc1ccc(S(=O)(=O)N2CCC[C@H](C(=O)NC(C)(C)Cc3ccccc3)C2)cc1. The second-order valence-corrected chi connectivity index (χ2v) is 10.5. The fourth-order valence-electron chi connectivity index (χ4n) is 3.82. The minimum Gasteiger partial charge on any atom is -0.351 e. The fourth-order valence-corrected chi connectivity index (χ4v) is 5.34. The average molecular weight is 415 g/mol. The van der Waals surface area contributed by atoms with Crippen molar-refractivity contribution in [2.45, 2.75) is 50.5 Å². The van der Waals surface area contributed by atoms with E-state index in [0.717, 1.165) is 17.5 Å². The third-order valence-electron chi connectivity index (χ3n) is 5.36. The van der Waals surface area contributed by atoms with E-state index in [9.17, 15) is 13.2 Å². The van der Waals surface area contributed by atoms with Gasteiger partial charge in [-0.1, -0.05) is 48.0 Å². The van der Waals surface area contributed by atoms with Crippen LogP contribution < -0.4 is 5.32 Å². The molecule has 1 atom stereocenters. The zero-order chi connectivity index (χ0) is 21.1. The van der Waals surface area contributed by atoms with E-state index in [2.05, 4.69) is 5.32 Å². The molecule has 1 fully saturated rings. The third kappa shape index (κ3) is 5.46. The smallest absolute Gasteiger partial charge is 0.243 e. The molecule has 0 radical (unpaired) electrons. The molecule has 5 nitrogen and oxygen atoms in total. The maximum absolute atomic E-state index is 13.0. The summed E-state index contributed by atoms with van der Waals surface area (Å²) in [7, 11) is -3.58. The van der Waals surface area contributed by atoms with Crippen molar-refractivity contribution < 1.29 is 13.2 Å². The molecule has 0 spiro atoms. The summed E-state index contributed by atoms with van der Waals surface area (Å²) in [5.74, 6) is -0.409. The first-order chi connectivity index (χ1) is 13.7. The second-order valence-electron chi connectivity index (χ2n) is 8.55. The molecule has 1 saturated heterocycles. The lowest BCUT2D eigenvalue weighted by molar-refractivity contribution is -0.127. The Morgan fingerprint density at radius 1 is 1.10 bits per heavy atom. The molecule has 3 rings (SSSR count). The summed E-state index contributed by atoms with van der Waals surface area (Å²) in [4.78, 5) is 13.2. The second kappa shape index (κ2) is 8.67. The predicted octanol–water partition coefficient (Wildman–Crippen LogP) is 3.53. The van der Waals surface area contributed by atoms with E-state index in [1.54, 1.807) is 24.3 Å². The summed E-state index contributed by atoms with van der Waals surface area (Å²) in [5, 5.41) is 3.13. The molecule has 29 heavy (non-hydrogen) atoms. The fraction of sp³-hybridized carbons (Fsp3) is 0.435. The van der Waals surface area contributed by atoms with Gasteiger partial charge in [0.05, 0.1) is 10.8 Å². The Bertz CT molecular complexity index is 938. The van der Waals surface area contributed by atoms with Crippen molar-refractivity contribution in [2.75, 3.05) is 13.1 Å². The van der Waals surface area contributed by atoms with Gasteiger partial charge >= 0.3 is 0 Å². The van der Waals surface area contributed by atoms with Gasteiger partial charge in [-0.05, 0) is 57.7 Å². The first kappa shape index (κ1) is 21.5. The highest BCUT2D eigenvalue weighted by Gasteiger charge is 2.34. The predicted molar refractivity (Wildman–Crippen MR) is 115 cm³/mol. The van der Waals surface area contributed by atoms with Crippen LogP contribution in [0, 0.1) is 12.8 Å². The summed E-state index contributed by atoms with van der Waals surface area (Å²) < 4.78 is 27.4. The zero-order valence-corrected chi connectivity index (χ0v) is 18.2. The van der Waals surface area contributed by atoms with Crippen molar-refractivity contribution in [3.63, 3.8) is 0 Å². The van der Waals surface area contributed by atoms with Gasteiger partial charge in [-0.2, -0.15) is 4.31 Å². The topological polar surface area (TPSA) is 66.5 Å². The van der Waals surface area contributed by atoms with Crippen LogP contribution in [0.3, 0.4) is 0 Å². The van der Waals surface area contributed by atoms with E-state index in [0.29, 0.717) is 19.4 Å². The van der Waals surface area contributed by atoms with Crippen LogP contribution in [0.5, 0.6) is 0 Å². The lowest BCUT2D eigenvalue weighted by Crippen LogP contribution is -2.51. The molecule has 0 aromatic heterocycles. The number of hydrogen-bond acceptors (Lipinski definition) is 3. The van der Waals surface area contributed by atoms with Gasteiger partial charge in [0.2, 0.25) is 15.9 Å². The van der Waals surface area contributed by atoms with Crippen molar-refractivity contribution in [3.8, 4) is 0 Å². The number of amides is 1. The summed E-state index contributed by atoms with van der Waals surface area (Å²) in [5.41, 5.74) is 1.77. The molecule has 1 aliphatic heterocycles. The normalized spacial score (nSPS) is 18.4. The minimum absolute atomic E-state index is 0.0743. The monoisotopic (exact) mass is 414 g/mol. The molecule has 1 amide bonds. The summed E-state index contributed by atoms with van der Waals surface area (Å²) in [6.45, 7) is 6.61. The van der Waals surface area contributed by atoms with Crippen LogP contribution in [0.4, 0.5) is 0 Å². The van der Waals surface area contributed by atoms with Crippen molar-refractivity contribution in [1.29, 1.82) is 0 Å². The molecule has 156 valence electrons. The number of aryl methyl sites for hydroxylation is 1. The molecule has 0 bridgehead atoms. The van der Waals surface area contributed by atoms with Crippen LogP contribution in [-0.4, -0.2) is 37.3 Å². The van der Waals surface area contributed by atoms with E-state index in [1.807, 2.05) is 51.1 Å². The standard InChI is InChI=1S/C23H30N2O3S/c1-18-11-13-21(14-12-18)29(27,28)25-15-7-10-20(17-25)22(26)24-23(2,3)16-19-8-5-4-6-9-19/h4-6,8-9,11-14,20H,7,10,15-17H2,1-3H3,(H,24,26)/t20-/m0/s1. The van der Waals surface area contributed by atoms with E-state index >= 15 is 0 Å². The summed E-state index contributed by atoms with van der Waals surface area (Å²) >= 11 is 0. The largest absolute Gasteiger partial charge is 0.351 e. The lowest BCUT2D eigenvalue weighted by Gasteiger charge is -2.34. The number of carbonyl (C=O) groups is 1. The minimum atomic E-state index is -3.58. The summed E-state index contributed by atoms with van der Waals surface area (Å²) in [6.07, 6.45) is 2.10. The Morgan fingerprint density at radius 3 is 2.41 bits per heavy atom. The maximum atomic E-state index is 13.0. The van der Waals surface area contributed by atoms with Gasteiger partial charge in [0, 0.05) is 18.6 Å². The molecular formula is C23H30N2O3S. The van der Waals surface area contributed by atoms with Crippen molar-refractivity contribution in [2.24, 2.45) is 5.92 Å². The van der Waals surface area contributed by atoms with Gasteiger partial charge in [0.15, 0.2) is 0 Å². The maximum Gasteiger partial charge on any atom is 0.243 e. The number of nitrogens with zero attached hydrogens (tertiary/aromatic N) is 1. The van der Waals surface area contributed by atoms with Crippen LogP contribution in [0.15, 0.2) is 59.5 Å². The number of nitrogens with one attached hydrogen (secondary N) is 1. The van der Waals surface area contributed by atoms with Crippen LogP contribution in [0.25, 0.3) is 0 Å². The van der Waals surface area contributed by atoms with Gasteiger partial charge < -0.3 is 5.32 Å². The van der Waals surface area contributed by atoms with Crippen molar-refractivity contribution in [3.05, 3.63) is 65.7 Å². The van der Waals surface area contributed by atoms with E-state index < -0.39 is 15.6 Å². The number of benzene rings is 2. The van der Waals surface area contributed by atoms with Crippen LogP contribution >= 0.6 is 0 Å². The average Bonchev–Trinajstić information content (AvgIpc) is 2.68. The molecule has 1 aliphatic rings. The van der Waals surface area contributed by atoms with Gasteiger partial charge in [-0.15, -0.1) is 0 Å². The van der Waals surface area contributed by atoms with Gasteiger partial charge in [0.1, 0.15) is 0 Å². The van der Waals surface area contributed by atoms with Crippen LogP contribution in [0.2, 0.25) is 0 Å².